The monoisotopic (exact) mass is 279 g/mol. The number of nitrogens with two attached hydrogens (primary N) is 1. The highest BCUT2D eigenvalue weighted by molar-refractivity contribution is 6.08. The Balaban J connectivity index is 1.89. The molecule has 6 heteroatoms. The van der Waals surface area contributed by atoms with E-state index in [1.807, 2.05) is 30.3 Å². The van der Waals surface area contributed by atoms with Crippen LogP contribution in [0.1, 0.15) is 10.4 Å². The number of anilines is 2. The normalized spacial score (nSPS) is 10.3. The van der Waals surface area contributed by atoms with E-state index >= 15 is 0 Å². The van der Waals surface area contributed by atoms with Gasteiger partial charge in [0.05, 0.1) is 16.8 Å². The number of hydrazine groups is 1. The Labute approximate surface area is 121 Å². The number of hydrogen-bond donors (Lipinski definition) is 3. The van der Waals surface area contributed by atoms with E-state index < -0.39 is 0 Å². The maximum absolute atomic E-state index is 12.2. The molecular weight excluding hydrogens is 266 g/mol. The van der Waals surface area contributed by atoms with E-state index in [9.17, 15) is 4.79 Å². The zero-order chi connectivity index (χ0) is 14.7. The summed E-state index contributed by atoms with van der Waals surface area (Å²) in [7, 11) is 0. The molecule has 0 radical (unpaired) electrons. The Hall–Kier alpha value is -2.99. The Bertz CT molecular complexity index is 780. The van der Waals surface area contributed by atoms with Crippen molar-refractivity contribution in [2.45, 2.75) is 0 Å². The van der Waals surface area contributed by atoms with Crippen LogP contribution in [0.5, 0.6) is 0 Å². The standard InChI is InChI=1S/C15H13N5O/c16-20-13-7-6-11(9-18-13)15(21)19-12-5-1-3-10-4-2-8-17-14(10)12/h1-9H,16H2,(H,18,20)(H,19,21). The summed E-state index contributed by atoms with van der Waals surface area (Å²) >= 11 is 0. The van der Waals surface area contributed by atoms with Crippen LogP contribution < -0.4 is 16.6 Å². The van der Waals surface area contributed by atoms with Gasteiger partial charge in [0.1, 0.15) is 5.82 Å². The lowest BCUT2D eigenvalue weighted by Crippen LogP contribution is -2.14. The fourth-order valence-electron chi connectivity index (χ4n) is 2.01. The third-order valence-electron chi connectivity index (χ3n) is 3.05. The van der Waals surface area contributed by atoms with E-state index in [1.54, 1.807) is 18.3 Å². The van der Waals surface area contributed by atoms with Crippen molar-refractivity contribution >= 4 is 28.3 Å². The lowest BCUT2D eigenvalue weighted by Gasteiger charge is -2.08. The Kier molecular flexibility index (Phi) is 3.44. The molecule has 3 aromatic rings. The molecule has 0 spiro atoms. The van der Waals surface area contributed by atoms with Gasteiger partial charge in [0, 0.05) is 17.8 Å². The van der Waals surface area contributed by atoms with Gasteiger partial charge in [-0.05, 0) is 24.3 Å². The number of rotatable bonds is 3. The first-order chi connectivity index (χ1) is 10.3. The molecule has 4 N–H and O–H groups in total. The number of para-hydroxylation sites is 1. The van der Waals surface area contributed by atoms with Crippen molar-refractivity contribution in [3.63, 3.8) is 0 Å². The molecule has 0 aliphatic rings. The minimum atomic E-state index is -0.246. The fraction of sp³-hybridized carbons (Fsp3) is 0. The van der Waals surface area contributed by atoms with E-state index in [-0.39, 0.29) is 5.91 Å². The van der Waals surface area contributed by atoms with E-state index in [0.29, 0.717) is 17.1 Å². The highest BCUT2D eigenvalue weighted by atomic mass is 16.1. The zero-order valence-corrected chi connectivity index (χ0v) is 11.1. The third kappa shape index (κ3) is 2.65. The second kappa shape index (κ2) is 5.56. The number of hydrogen-bond acceptors (Lipinski definition) is 5. The van der Waals surface area contributed by atoms with Gasteiger partial charge in [-0.3, -0.25) is 9.78 Å². The van der Waals surface area contributed by atoms with Gasteiger partial charge in [0.2, 0.25) is 0 Å². The quantitative estimate of drug-likeness (QED) is 0.504. The second-order valence-corrected chi connectivity index (χ2v) is 4.41. The predicted molar refractivity (Wildman–Crippen MR) is 81.7 cm³/mol. The van der Waals surface area contributed by atoms with Crippen LogP contribution in [0.4, 0.5) is 11.5 Å². The predicted octanol–water partition coefficient (Wildman–Crippen LogP) is 2.17. The smallest absolute Gasteiger partial charge is 0.257 e. The van der Waals surface area contributed by atoms with Crippen molar-refractivity contribution < 1.29 is 4.79 Å². The molecule has 2 heterocycles. The summed E-state index contributed by atoms with van der Waals surface area (Å²) in [5.41, 5.74) is 4.28. The van der Waals surface area contributed by atoms with Crippen LogP contribution in [0.25, 0.3) is 10.9 Å². The number of benzene rings is 1. The van der Waals surface area contributed by atoms with Gasteiger partial charge in [-0.2, -0.15) is 0 Å². The minimum absolute atomic E-state index is 0.246. The van der Waals surface area contributed by atoms with Crippen LogP contribution in [-0.2, 0) is 0 Å². The minimum Gasteiger partial charge on any atom is -0.320 e. The van der Waals surface area contributed by atoms with Crippen LogP contribution in [0.3, 0.4) is 0 Å². The van der Waals surface area contributed by atoms with Crippen LogP contribution in [0.2, 0.25) is 0 Å². The molecule has 1 amide bonds. The molecule has 0 bridgehead atoms. The highest BCUT2D eigenvalue weighted by Gasteiger charge is 2.09. The average Bonchev–Trinajstić information content (AvgIpc) is 2.55. The topological polar surface area (TPSA) is 92.9 Å². The summed E-state index contributed by atoms with van der Waals surface area (Å²) in [6.07, 6.45) is 3.16. The summed E-state index contributed by atoms with van der Waals surface area (Å²) in [6, 6.07) is 12.7. The summed E-state index contributed by atoms with van der Waals surface area (Å²) in [5.74, 6) is 5.49. The van der Waals surface area contributed by atoms with Crippen LogP contribution in [-0.4, -0.2) is 15.9 Å². The summed E-state index contributed by atoms with van der Waals surface area (Å²) in [6.45, 7) is 0. The van der Waals surface area contributed by atoms with Crippen molar-refractivity contribution in [2.75, 3.05) is 10.7 Å². The highest BCUT2D eigenvalue weighted by Crippen LogP contribution is 2.21. The molecule has 21 heavy (non-hydrogen) atoms. The van der Waals surface area contributed by atoms with Gasteiger partial charge >= 0.3 is 0 Å². The number of amides is 1. The fourth-order valence-corrected chi connectivity index (χ4v) is 2.01. The van der Waals surface area contributed by atoms with Crippen molar-refractivity contribution in [2.24, 2.45) is 5.84 Å². The van der Waals surface area contributed by atoms with Gasteiger partial charge in [-0.15, -0.1) is 0 Å². The van der Waals surface area contributed by atoms with Crippen molar-refractivity contribution in [3.05, 3.63) is 60.4 Å². The van der Waals surface area contributed by atoms with E-state index in [2.05, 4.69) is 20.7 Å². The van der Waals surface area contributed by atoms with Gasteiger partial charge in [-0.1, -0.05) is 18.2 Å². The maximum atomic E-state index is 12.2. The molecule has 0 saturated carbocycles. The molecule has 1 aromatic carbocycles. The largest absolute Gasteiger partial charge is 0.320 e. The lowest BCUT2D eigenvalue weighted by molar-refractivity contribution is 0.102. The number of pyridine rings is 2. The number of nitrogens with one attached hydrogen (secondary N) is 2. The molecule has 0 saturated heterocycles. The summed E-state index contributed by atoms with van der Waals surface area (Å²) in [4.78, 5) is 20.5. The average molecular weight is 279 g/mol. The van der Waals surface area contributed by atoms with E-state index in [4.69, 9.17) is 5.84 Å². The van der Waals surface area contributed by atoms with Crippen molar-refractivity contribution in [1.82, 2.24) is 9.97 Å². The molecule has 0 fully saturated rings. The number of carbonyl (C=O) groups excluding carboxylic acids is 1. The molecule has 0 aliphatic carbocycles. The first kappa shape index (κ1) is 13.0. The number of fused-ring (bicyclic) bond motifs is 1. The SMILES string of the molecule is NNc1ccc(C(=O)Nc2cccc3cccnc23)cn1. The summed E-state index contributed by atoms with van der Waals surface area (Å²) in [5, 5.41) is 3.81. The molecule has 0 aliphatic heterocycles. The maximum Gasteiger partial charge on any atom is 0.257 e. The first-order valence-corrected chi connectivity index (χ1v) is 6.36. The second-order valence-electron chi connectivity index (χ2n) is 4.41. The Morgan fingerprint density at radius 2 is 1.90 bits per heavy atom. The molecule has 3 rings (SSSR count). The molecule has 104 valence electrons. The first-order valence-electron chi connectivity index (χ1n) is 6.36. The number of carbonyl (C=O) groups is 1. The summed E-state index contributed by atoms with van der Waals surface area (Å²) < 4.78 is 0. The van der Waals surface area contributed by atoms with E-state index in [1.165, 1.54) is 6.20 Å². The molecule has 0 atom stereocenters. The van der Waals surface area contributed by atoms with Crippen LogP contribution in [0.15, 0.2) is 54.9 Å². The zero-order valence-electron chi connectivity index (χ0n) is 11.1. The van der Waals surface area contributed by atoms with Gasteiger partial charge in [0.15, 0.2) is 0 Å². The van der Waals surface area contributed by atoms with Gasteiger partial charge < -0.3 is 10.7 Å². The van der Waals surface area contributed by atoms with Gasteiger partial charge in [0.25, 0.3) is 5.91 Å². The molecule has 2 aromatic heterocycles. The molecule has 6 nitrogen and oxygen atoms in total. The number of nitrogens with zero attached hydrogens (tertiary/aromatic N) is 2. The lowest BCUT2D eigenvalue weighted by atomic mass is 10.2. The van der Waals surface area contributed by atoms with Gasteiger partial charge in [-0.25, -0.2) is 10.8 Å². The molecular formula is C15H13N5O. The Morgan fingerprint density at radius 1 is 1.05 bits per heavy atom. The van der Waals surface area contributed by atoms with Crippen LogP contribution in [0, 0.1) is 0 Å². The number of aromatic nitrogens is 2. The third-order valence-corrected chi connectivity index (χ3v) is 3.05. The Morgan fingerprint density at radius 3 is 2.67 bits per heavy atom. The van der Waals surface area contributed by atoms with Crippen molar-refractivity contribution in [3.8, 4) is 0 Å². The number of nitrogen functional groups attached to an aromatic ring is 1. The molecule has 0 unspecified atom stereocenters. The van der Waals surface area contributed by atoms with Crippen LogP contribution >= 0.6 is 0 Å². The van der Waals surface area contributed by atoms with E-state index in [0.717, 1.165) is 10.9 Å². The van der Waals surface area contributed by atoms with Crippen molar-refractivity contribution in [1.29, 1.82) is 0 Å².